The van der Waals surface area contributed by atoms with E-state index in [9.17, 15) is 4.79 Å². The van der Waals surface area contributed by atoms with Crippen molar-refractivity contribution in [3.05, 3.63) is 77.8 Å². The molecule has 1 N–H and O–H groups in total. The molecular weight excluding hydrogens is 386 g/mol. The summed E-state index contributed by atoms with van der Waals surface area (Å²) >= 11 is 0. The predicted molar refractivity (Wildman–Crippen MR) is 122 cm³/mol. The second-order valence-corrected chi connectivity index (χ2v) is 8.61. The van der Waals surface area contributed by atoms with Gasteiger partial charge in [0.15, 0.2) is 5.78 Å². The number of fused-ring (bicyclic) bond motifs is 1. The Morgan fingerprint density at radius 2 is 1.90 bits per heavy atom. The topological polar surface area (TPSA) is 70.0 Å². The van der Waals surface area contributed by atoms with Crippen LogP contribution in [0, 0.1) is 11.8 Å². The number of piperidine rings is 1. The van der Waals surface area contributed by atoms with Gasteiger partial charge < -0.3 is 10.2 Å². The summed E-state index contributed by atoms with van der Waals surface area (Å²) in [5.41, 5.74) is 3.18. The average molecular weight is 414 g/mol. The van der Waals surface area contributed by atoms with E-state index < -0.39 is 5.92 Å². The molecule has 0 radical (unpaired) electrons. The van der Waals surface area contributed by atoms with Crippen LogP contribution in [0.2, 0.25) is 0 Å². The molecule has 4 heterocycles. The van der Waals surface area contributed by atoms with Gasteiger partial charge in [0.25, 0.3) is 0 Å². The molecule has 3 aliphatic rings. The molecule has 0 saturated carbocycles. The van der Waals surface area contributed by atoms with Gasteiger partial charge in [-0.3, -0.25) is 9.78 Å². The number of allylic oxidation sites excluding steroid dienone is 2. The highest BCUT2D eigenvalue weighted by atomic mass is 16.1. The Labute approximate surface area is 182 Å². The lowest BCUT2D eigenvalue weighted by atomic mass is 9.86. The van der Waals surface area contributed by atoms with E-state index in [1.807, 2.05) is 19.1 Å². The number of ketones is 1. The van der Waals surface area contributed by atoms with Crippen LogP contribution in [0.1, 0.15) is 36.9 Å². The Morgan fingerprint density at radius 1 is 1.10 bits per heavy atom. The molecule has 5 rings (SSSR count). The zero-order valence-corrected chi connectivity index (χ0v) is 17.7. The molecule has 0 aliphatic carbocycles. The largest absolute Gasteiger partial charge is 0.347 e. The monoisotopic (exact) mass is 413 g/mol. The maximum Gasteiger partial charge on any atom is 0.223 e. The van der Waals surface area contributed by atoms with Crippen molar-refractivity contribution in [3.8, 4) is 0 Å². The first kappa shape index (κ1) is 19.7. The summed E-state index contributed by atoms with van der Waals surface area (Å²) in [4.78, 5) is 29.1. The molecule has 1 aromatic carbocycles. The number of carbonyl (C=O) groups is 1. The van der Waals surface area contributed by atoms with Crippen LogP contribution in [-0.4, -0.2) is 40.6 Å². The standard InChI is InChI=1S/C25H27N5O/c1-17-14-21(31)22-23(20-8-5-11-26-16-20)28-25(29-24(22)27-17)30-12-9-19(10-13-30)15-18-6-3-2-4-7-18/h2-8,11,14,16,19,22-23H,9-10,12-13,15H2,1H3,(H,27,28,29)/t22?,23-/m1/s1. The maximum atomic E-state index is 12.8. The molecule has 0 amide bonds. The van der Waals surface area contributed by atoms with Crippen molar-refractivity contribution < 1.29 is 4.79 Å². The molecule has 3 aliphatic heterocycles. The highest BCUT2D eigenvalue weighted by Gasteiger charge is 2.40. The van der Waals surface area contributed by atoms with E-state index in [2.05, 4.69) is 45.5 Å². The number of nitrogens with zero attached hydrogens (tertiary/aromatic N) is 4. The SMILES string of the molecule is CC1=CC(=O)C2C(=NC(N3CCC(Cc4ccccc4)CC3)=N[C@@H]2c2cccnc2)N1. The molecule has 1 fully saturated rings. The van der Waals surface area contributed by atoms with Crippen LogP contribution in [0.5, 0.6) is 0 Å². The molecule has 6 nitrogen and oxygen atoms in total. The van der Waals surface area contributed by atoms with E-state index >= 15 is 0 Å². The summed E-state index contributed by atoms with van der Waals surface area (Å²) in [6, 6.07) is 14.3. The van der Waals surface area contributed by atoms with Crippen LogP contribution in [0.25, 0.3) is 0 Å². The number of carbonyl (C=O) groups excluding carboxylic acids is 1. The van der Waals surface area contributed by atoms with Gasteiger partial charge in [-0.1, -0.05) is 36.4 Å². The van der Waals surface area contributed by atoms with Crippen molar-refractivity contribution in [1.29, 1.82) is 0 Å². The third-order valence-corrected chi connectivity index (χ3v) is 6.37. The van der Waals surface area contributed by atoms with Gasteiger partial charge in [0.1, 0.15) is 11.8 Å². The molecule has 1 aromatic heterocycles. The van der Waals surface area contributed by atoms with Crippen LogP contribution in [-0.2, 0) is 11.2 Å². The summed E-state index contributed by atoms with van der Waals surface area (Å²) in [5, 5.41) is 3.32. The van der Waals surface area contributed by atoms with Gasteiger partial charge in [-0.05, 0) is 49.3 Å². The van der Waals surface area contributed by atoms with Crippen molar-refractivity contribution in [2.24, 2.45) is 21.8 Å². The maximum absolute atomic E-state index is 12.8. The molecule has 1 saturated heterocycles. The molecule has 6 heteroatoms. The van der Waals surface area contributed by atoms with E-state index in [0.717, 1.165) is 49.6 Å². The highest BCUT2D eigenvalue weighted by molar-refractivity contribution is 6.16. The number of guanidine groups is 1. The van der Waals surface area contributed by atoms with Gasteiger partial charge in [-0.15, -0.1) is 0 Å². The lowest BCUT2D eigenvalue weighted by Gasteiger charge is -2.37. The van der Waals surface area contributed by atoms with Crippen LogP contribution < -0.4 is 5.32 Å². The molecule has 158 valence electrons. The predicted octanol–water partition coefficient (Wildman–Crippen LogP) is 3.54. The molecule has 31 heavy (non-hydrogen) atoms. The first-order chi connectivity index (χ1) is 15.2. The molecule has 0 spiro atoms. The Hall–Kier alpha value is -3.28. The van der Waals surface area contributed by atoms with E-state index in [-0.39, 0.29) is 11.8 Å². The number of likely N-dealkylation sites (tertiary alicyclic amines) is 1. The van der Waals surface area contributed by atoms with Crippen molar-refractivity contribution in [2.75, 3.05) is 13.1 Å². The van der Waals surface area contributed by atoms with Crippen LogP contribution in [0.4, 0.5) is 0 Å². The summed E-state index contributed by atoms with van der Waals surface area (Å²) in [6.45, 7) is 3.76. The Balaban J connectivity index is 1.36. The van der Waals surface area contributed by atoms with Gasteiger partial charge in [0.05, 0.1) is 6.04 Å². The zero-order chi connectivity index (χ0) is 21.2. The number of nitrogens with one attached hydrogen (secondary N) is 1. The Morgan fingerprint density at radius 3 is 2.65 bits per heavy atom. The minimum Gasteiger partial charge on any atom is -0.347 e. The van der Waals surface area contributed by atoms with E-state index in [0.29, 0.717) is 11.8 Å². The molecule has 2 aromatic rings. The van der Waals surface area contributed by atoms with Crippen molar-refractivity contribution in [2.45, 2.75) is 32.2 Å². The number of aromatic nitrogens is 1. The lowest BCUT2D eigenvalue weighted by Crippen LogP contribution is -2.47. The molecule has 0 bridgehead atoms. The number of amidine groups is 1. The first-order valence-electron chi connectivity index (χ1n) is 11.0. The minimum atomic E-state index is -0.410. The van der Waals surface area contributed by atoms with Gasteiger partial charge in [-0.25, -0.2) is 4.99 Å². The fourth-order valence-corrected chi connectivity index (χ4v) is 4.75. The fraction of sp³-hybridized carbons (Fsp3) is 0.360. The number of aliphatic imine (C=N–C) groups is 2. The average Bonchev–Trinajstić information content (AvgIpc) is 2.80. The van der Waals surface area contributed by atoms with Crippen LogP contribution in [0.3, 0.4) is 0 Å². The Bertz CT molecular complexity index is 1040. The van der Waals surface area contributed by atoms with E-state index in [1.54, 1.807) is 18.5 Å². The Kier molecular flexibility index (Phi) is 5.37. The summed E-state index contributed by atoms with van der Waals surface area (Å²) in [5.74, 6) is 1.75. The summed E-state index contributed by atoms with van der Waals surface area (Å²) in [7, 11) is 0. The molecule has 1 unspecified atom stereocenters. The van der Waals surface area contributed by atoms with Gasteiger partial charge in [-0.2, -0.15) is 4.99 Å². The van der Waals surface area contributed by atoms with Gasteiger partial charge in [0, 0.05) is 37.3 Å². The normalized spacial score (nSPS) is 24.0. The second-order valence-electron chi connectivity index (χ2n) is 8.61. The zero-order valence-electron chi connectivity index (χ0n) is 17.7. The van der Waals surface area contributed by atoms with Crippen LogP contribution in [0.15, 0.2) is 76.6 Å². The van der Waals surface area contributed by atoms with Crippen molar-refractivity contribution in [1.82, 2.24) is 15.2 Å². The third-order valence-electron chi connectivity index (χ3n) is 6.37. The molecule has 2 atom stereocenters. The number of pyridine rings is 1. The van der Waals surface area contributed by atoms with E-state index in [4.69, 9.17) is 9.98 Å². The third kappa shape index (κ3) is 4.15. The van der Waals surface area contributed by atoms with Gasteiger partial charge in [0.2, 0.25) is 5.96 Å². The second kappa shape index (κ2) is 8.46. The molecular formula is C25H27N5O. The van der Waals surface area contributed by atoms with Gasteiger partial charge >= 0.3 is 0 Å². The first-order valence-corrected chi connectivity index (χ1v) is 11.0. The summed E-state index contributed by atoms with van der Waals surface area (Å²) in [6.07, 6.45) is 8.56. The highest BCUT2D eigenvalue weighted by Crippen LogP contribution is 2.34. The fourth-order valence-electron chi connectivity index (χ4n) is 4.75. The van der Waals surface area contributed by atoms with E-state index in [1.165, 1.54) is 5.56 Å². The minimum absolute atomic E-state index is 0.0493. The van der Waals surface area contributed by atoms with Crippen LogP contribution >= 0.6 is 0 Å². The number of hydrogen-bond donors (Lipinski definition) is 1. The quantitative estimate of drug-likeness (QED) is 0.836. The number of rotatable bonds is 3. The summed E-state index contributed by atoms with van der Waals surface area (Å²) < 4.78 is 0. The van der Waals surface area contributed by atoms with Crippen molar-refractivity contribution in [3.63, 3.8) is 0 Å². The smallest absolute Gasteiger partial charge is 0.223 e. The lowest BCUT2D eigenvalue weighted by molar-refractivity contribution is -0.117. The number of benzene rings is 1. The van der Waals surface area contributed by atoms with Crippen molar-refractivity contribution >= 4 is 17.6 Å². The number of hydrogen-bond acceptors (Lipinski definition) is 6.